The molecule has 0 amide bonds. The molecule has 6 nitrogen and oxygen atoms in total. The summed E-state index contributed by atoms with van der Waals surface area (Å²) >= 11 is 1.43. The summed E-state index contributed by atoms with van der Waals surface area (Å²) in [5, 5.41) is 42.0. The van der Waals surface area contributed by atoms with Gasteiger partial charge in [0, 0.05) is 11.3 Å². The highest BCUT2D eigenvalue weighted by molar-refractivity contribution is 7.10. The lowest BCUT2D eigenvalue weighted by Gasteiger charge is -2.50. The topological polar surface area (TPSA) is 114 Å². The number of nitrogens with zero attached hydrogens (tertiary/aromatic N) is 3. The maximum Gasteiger partial charge on any atom is 0.217 e. The second-order valence-corrected chi connectivity index (χ2v) is 10.0. The first-order chi connectivity index (χ1) is 15.0. The fourth-order valence-corrected chi connectivity index (χ4v) is 6.83. The molecule has 2 aliphatic heterocycles. The van der Waals surface area contributed by atoms with E-state index >= 15 is 0 Å². The Balaban J connectivity index is 1.89. The Kier molecular flexibility index (Phi) is 5.82. The Hall–Kier alpha value is -2.40. The van der Waals surface area contributed by atoms with E-state index in [1.54, 1.807) is 0 Å². The number of rotatable bonds is 1. The molecule has 1 aromatic rings. The Morgan fingerprint density at radius 2 is 1.65 bits per heavy atom. The standard InChI is InChI=1S/C24H28N4O2S/c1-17-11-13-31-19(17)20-22(14-25,15-26)23(16-27)18-10-8-6-4-2-3-5-7-9-12-24(18,29-20)30-21(23)28/h11,13,18,20,28H,2-10,12H2,1H3. The molecule has 4 rings (SSSR count). The Bertz CT molecular complexity index is 969. The van der Waals surface area contributed by atoms with Crippen LogP contribution in [0, 0.1) is 63.1 Å². The molecule has 0 spiro atoms. The van der Waals surface area contributed by atoms with Crippen molar-refractivity contribution in [2.24, 2.45) is 16.7 Å². The van der Waals surface area contributed by atoms with E-state index in [1.807, 2.05) is 18.4 Å². The smallest absolute Gasteiger partial charge is 0.217 e. The van der Waals surface area contributed by atoms with Crippen molar-refractivity contribution < 1.29 is 9.47 Å². The normalized spacial score (nSPS) is 35.2. The predicted molar refractivity (Wildman–Crippen MR) is 116 cm³/mol. The molecular weight excluding hydrogens is 408 g/mol. The molecule has 0 radical (unpaired) electrons. The molecule has 4 atom stereocenters. The molecule has 4 unspecified atom stereocenters. The highest BCUT2D eigenvalue weighted by Gasteiger charge is 2.80. The average molecular weight is 437 g/mol. The Morgan fingerprint density at radius 3 is 2.23 bits per heavy atom. The summed E-state index contributed by atoms with van der Waals surface area (Å²) in [6, 6.07) is 8.58. The van der Waals surface area contributed by atoms with Gasteiger partial charge in [0.1, 0.15) is 6.10 Å². The van der Waals surface area contributed by atoms with Crippen molar-refractivity contribution in [1.29, 1.82) is 21.2 Å². The maximum atomic E-state index is 10.5. The lowest BCUT2D eigenvalue weighted by molar-refractivity contribution is -0.287. The van der Waals surface area contributed by atoms with E-state index < -0.39 is 28.6 Å². The van der Waals surface area contributed by atoms with Crippen LogP contribution >= 0.6 is 11.3 Å². The van der Waals surface area contributed by atoms with Crippen molar-refractivity contribution in [3.63, 3.8) is 0 Å². The van der Waals surface area contributed by atoms with Crippen LogP contribution in [0.2, 0.25) is 0 Å². The van der Waals surface area contributed by atoms with Gasteiger partial charge in [-0.05, 0) is 36.8 Å². The molecule has 7 heteroatoms. The highest BCUT2D eigenvalue weighted by Crippen LogP contribution is 2.69. The van der Waals surface area contributed by atoms with Crippen LogP contribution in [0.15, 0.2) is 11.4 Å². The van der Waals surface area contributed by atoms with Crippen LogP contribution in [0.1, 0.15) is 80.8 Å². The summed E-state index contributed by atoms with van der Waals surface area (Å²) in [6.07, 6.45) is 8.77. The molecule has 3 fully saturated rings. The molecule has 3 aliphatic rings. The Labute approximate surface area is 187 Å². The molecule has 1 aromatic heterocycles. The van der Waals surface area contributed by atoms with Gasteiger partial charge in [0.05, 0.1) is 24.1 Å². The SMILES string of the molecule is Cc1ccsc1C1OC23CCCCCCCCCCC2C(C#N)(C(=N)O3)C1(C#N)C#N. The molecule has 3 heterocycles. The van der Waals surface area contributed by atoms with Crippen molar-refractivity contribution in [3.05, 3.63) is 21.9 Å². The number of nitrogens with one attached hydrogen (secondary N) is 1. The summed E-state index contributed by atoms with van der Waals surface area (Å²) in [5.74, 6) is -1.91. The molecule has 1 aliphatic carbocycles. The zero-order valence-corrected chi connectivity index (χ0v) is 18.8. The van der Waals surface area contributed by atoms with Crippen LogP contribution in [0.3, 0.4) is 0 Å². The van der Waals surface area contributed by atoms with Gasteiger partial charge in [-0.2, -0.15) is 15.8 Å². The first-order valence-corrected chi connectivity index (χ1v) is 12.1. The van der Waals surface area contributed by atoms with Gasteiger partial charge < -0.3 is 9.47 Å². The van der Waals surface area contributed by atoms with E-state index in [-0.39, 0.29) is 5.90 Å². The van der Waals surface area contributed by atoms with Crippen LogP contribution in [0.25, 0.3) is 0 Å². The van der Waals surface area contributed by atoms with E-state index in [1.165, 1.54) is 24.2 Å². The van der Waals surface area contributed by atoms with Crippen molar-refractivity contribution in [2.45, 2.75) is 83.0 Å². The van der Waals surface area contributed by atoms with Gasteiger partial charge in [0.15, 0.2) is 5.41 Å². The fourth-order valence-electron chi connectivity index (χ4n) is 5.81. The van der Waals surface area contributed by atoms with Crippen LogP contribution in [-0.4, -0.2) is 11.7 Å². The number of ether oxygens (including phenoxy) is 2. The molecule has 1 N–H and O–H groups in total. The summed E-state index contributed by atoms with van der Waals surface area (Å²) in [7, 11) is 0. The first kappa shape index (κ1) is 21.8. The van der Waals surface area contributed by atoms with Crippen LogP contribution < -0.4 is 0 Å². The van der Waals surface area contributed by atoms with Crippen molar-refractivity contribution in [3.8, 4) is 18.2 Å². The van der Waals surface area contributed by atoms with Crippen LogP contribution in [0.5, 0.6) is 0 Å². The van der Waals surface area contributed by atoms with Crippen LogP contribution in [0.4, 0.5) is 0 Å². The third-order valence-electron chi connectivity index (χ3n) is 7.46. The molecule has 162 valence electrons. The number of aryl methyl sites for hydroxylation is 1. The summed E-state index contributed by atoms with van der Waals surface area (Å²) in [5.41, 5.74) is -2.55. The van der Waals surface area contributed by atoms with E-state index in [0.29, 0.717) is 12.8 Å². The van der Waals surface area contributed by atoms with Gasteiger partial charge in [-0.1, -0.05) is 44.9 Å². The lowest BCUT2D eigenvalue weighted by Crippen LogP contribution is -2.59. The van der Waals surface area contributed by atoms with Crippen molar-refractivity contribution >= 4 is 17.2 Å². The lowest BCUT2D eigenvalue weighted by atomic mass is 9.52. The highest BCUT2D eigenvalue weighted by atomic mass is 32.1. The van der Waals surface area contributed by atoms with Crippen LogP contribution in [-0.2, 0) is 9.47 Å². The van der Waals surface area contributed by atoms with E-state index in [9.17, 15) is 15.8 Å². The number of nitriles is 3. The molecule has 2 saturated heterocycles. The number of thiophene rings is 1. The van der Waals surface area contributed by atoms with Gasteiger partial charge in [0.2, 0.25) is 17.1 Å². The first-order valence-electron chi connectivity index (χ1n) is 11.2. The minimum atomic E-state index is -1.84. The van der Waals surface area contributed by atoms with Crippen molar-refractivity contribution in [1.82, 2.24) is 0 Å². The van der Waals surface area contributed by atoms with Gasteiger partial charge in [-0.15, -0.1) is 11.3 Å². The average Bonchev–Trinajstić information content (AvgIpc) is 3.26. The summed E-state index contributed by atoms with van der Waals surface area (Å²) < 4.78 is 12.8. The molecular formula is C24H28N4O2S. The quantitative estimate of drug-likeness (QED) is 0.588. The summed E-state index contributed by atoms with van der Waals surface area (Å²) in [4.78, 5) is 0.768. The second kappa shape index (κ2) is 8.27. The molecule has 2 bridgehead atoms. The number of hydrogen-bond acceptors (Lipinski definition) is 7. The summed E-state index contributed by atoms with van der Waals surface area (Å²) in [6.45, 7) is 1.92. The van der Waals surface area contributed by atoms with E-state index in [2.05, 4.69) is 18.2 Å². The zero-order valence-electron chi connectivity index (χ0n) is 17.9. The Morgan fingerprint density at radius 1 is 1.00 bits per heavy atom. The van der Waals surface area contributed by atoms with Gasteiger partial charge >= 0.3 is 0 Å². The van der Waals surface area contributed by atoms with E-state index in [0.717, 1.165) is 49.0 Å². The zero-order chi connectivity index (χ0) is 22.1. The monoisotopic (exact) mass is 436 g/mol. The third-order valence-corrected chi connectivity index (χ3v) is 8.52. The number of hydrogen-bond donors (Lipinski definition) is 1. The van der Waals surface area contributed by atoms with Gasteiger partial charge in [-0.3, -0.25) is 5.41 Å². The third kappa shape index (κ3) is 3.00. The van der Waals surface area contributed by atoms with Crippen molar-refractivity contribution in [2.75, 3.05) is 0 Å². The fraction of sp³-hybridized carbons (Fsp3) is 0.667. The van der Waals surface area contributed by atoms with Gasteiger partial charge in [-0.25, -0.2) is 0 Å². The molecule has 31 heavy (non-hydrogen) atoms. The maximum absolute atomic E-state index is 10.5. The largest absolute Gasteiger partial charge is 0.447 e. The van der Waals surface area contributed by atoms with E-state index in [4.69, 9.17) is 14.9 Å². The molecule has 0 aromatic carbocycles. The predicted octanol–water partition coefficient (Wildman–Crippen LogP) is 5.91. The minimum Gasteiger partial charge on any atom is -0.447 e. The van der Waals surface area contributed by atoms with Gasteiger partial charge in [0.25, 0.3) is 0 Å². The minimum absolute atomic E-state index is 0.269. The molecule has 1 saturated carbocycles. The second-order valence-electron chi connectivity index (χ2n) is 9.08.